The third-order valence-electron chi connectivity index (χ3n) is 17.9. The molecular formula is C80H121N10O37P. The Bertz CT molecular complexity index is 3750. The van der Waals surface area contributed by atoms with Crippen molar-refractivity contribution in [2.24, 2.45) is 0 Å². The minimum Gasteiger partial charge on any atom is -0.463 e. The summed E-state index contributed by atoms with van der Waals surface area (Å²) in [6, 6.07) is 2.83. The van der Waals surface area contributed by atoms with Gasteiger partial charge in [-0.25, -0.2) is 4.67 Å². The molecule has 0 spiro atoms. The van der Waals surface area contributed by atoms with Crippen molar-refractivity contribution in [3.63, 3.8) is 0 Å². The maximum atomic E-state index is 14.6. The number of rotatable bonds is 56. The number of nitrogens with one attached hydrogen (secondary N) is 7. The van der Waals surface area contributed by atoms with E-state index in [0.29, 0.717) is 5.75 Å². The van der Waals surface area contributed by atoms with E-state index in [-0.39, 0.29) is 116 Å². The summed E-state index contributed by atoms with van der Waals surface area (Å²) >= 11 is 0. The molecule has 0 aliphatic carbocycles. The highest BCUT2D eigenvalue weighted by Gasteiger charge is 2.55. The molecule has 128 heavy (non-hydrogen) atoms. The first-order chi connectivity index (χ1) is 60.6. The van der Waals surface area contributed by atoms with Gasteiger partial charge >= 0.3 is 62.2 Å². The van der Waals surface area contributed by atoms with E-state index in [1.165, 1.54) is 12.1 Å². The number of carbonyl (C=O) groups excluding carboxylic acids is 17. The largest absolute Gasteiger partial charge is 0.463 e. The fourth-order valence-corrected chi connectivity index (χ4v) is 14.6. The van der Waals surface area contributed by atoms with Crippen molar-refractivity contribution in [1.29, 1.82) is 5.26 Å². The van der Waals surface area contributed by atoms with E-state index < -0.39 is 253 Å². The molecule has 4 rings (SSSR count). The van der Waals surface area contributed by atoms with Crippen LogP contribution in [0.2, 0.25) is 0 Å². The van der Waals surface area contributed by atoms with E-state index in [9.17, 15) is 86.8 Å². The van der Waals surface area contributed by atoms with Gasteiger partial charge < -0.3 is 131 Å². The molecule has 0 bridgehead atoms. The van der Waals surface area contributed by atoms with Crippen molar-refractivity contribution in [2.75, 3.05) is 125 Å². The molecule has 0 saturated carbocycles. The van der Waals surface area contributed by atoms with Crippen LogP contribution in [0, 0.1) is 11.3 Å². The van der Waals surface area contributed by atoms with Gasteiger partial charge in [-0.3, -0.25) is 86.8 Å². The highest BCUT2D eigenvalue weighted by molar-refractivity contribution is 7.45. The summed E-state index contributed by atoms with van der Waals surface area (Å²) in [5.41, 5.74) is 0.167. The van der Waals surface area contributed by atoms with E-state index in [4.69, 9.17) is 94.3 Å². The zero-order valence-corrected chi connectivity index (χ0v) is 75.5. The molecule has 48 heteroatoms. The van der Waals surface area contributed by atoms with Crippen LogP contribution in [-0.2, 0) is 166 Å². The van der Waals surface area contributed by atoms with E-state index in [1.807, 2.05) is 32.4 Å². The lowest BCUT2D eigenvalue weighted by Crippen LogP contribution is -2.66. The molecule has 47 nitrogen and oxygen atoms in total. The Morgan fingerprint density at radius 3 is 1.10 bits per heavy atom. The summed E-state index contributed by atoms with van der Waals surface area (Å²) in [7, 11) is -1.73. The van der Waals surface area contributed by atoms with Crippen LogP contribution in [0.25, 0.3) is 0 Å². The van der Waals surface area contributed by atoms with Crippen molar-refractivity contribution in [3.8, 4) is 11.8 Å². The Balaban J connectivity index is 1.59. The van der Waals surface area contributed by atoms with Gasteiger partial charge in [0.15, 0.2) is 61.3 Å². The van der Waals surface area contributed by atoms with Crippen molar-refractivity contribution >= 4 is 109 Å². The molecule has 3 fully saturated rings. The average molecular weight is 1850 g/mol. The van der Waals surface area contributed by atoms with E-state index >= 15 is 0 Å². The highest BCUT2D eigenvalue weighted by Crippen LogP contribution is 2.46. The lowest BCUT2D eigenvalue weighted by molar-refractivity contribution is -0.279. The molecule has 17 atom stereocenters. The number of ketones is 1. The Morgan fingerprint density at radius 2 is 0.781 bits per heavy atom. The number of benzene rings is 1. The van der Waals surface area contributed by atoms with Crippen LogP contribution < -0.4 is 41.7 Å². The number of ether oxygens (including phenoxy) is 18. The van der Waals surface area contributed by atoms with Crippen LogP contribution >= 0.6 is 8.53 Å². The van der Waals surface area contributed by atoms with E-state index in [0.717, 1.165) is 88.0 Å². The maximum absolute atomic E-state index is 14.6. The van der Waals surface area contributed by atoms with Crippen molar-refractivity contribution < 1.29 is 176 Å². The fraction of sp³-hybridized carbons (Fsp3) is 0.700. The molecule has 17 unspecified atom stereocenters. The second-order valence-corrected chi connectivity index (χ2v) is 30.8. The number of nitriles is 1. The van der Waals surface area contributed by atoms with Crippen LogP contribution in [0.5, 0.6) is 5.75 Å². The number of hydrogen-bond donors (Lipinski definition) is 7. The van der Waals surface area contributed by atoms with Gasteiger partial charge in [-0.05, 0) is 58.4 Å². The van der Waals surface area contributed by atoms with Crippen molar-refractivity contribution in [3.05, 3.63) is 29.8 Å². The molecule has 0 radical (unpaired) electrons. The molecule has 7 amide bonds. The Morgan fingerprint density at radius 1 is 0.438 bits per heavy atom. The Kier molecular flexibility index (Phi) is 50.1. The third kappa shape index (κ3) is 41.4. The lowest BCUT2D eigenvalue weighted by atomic mass is 9.96. The molecule has 7 N–H and O–H groups in total. The summed E-state index contributed by atoms with van der Waals surface area (Å²) < 4.78 is 116. The van der Waals surface area contributed by atoms with Gasteiger partial charge in [0.2, 0.25) is 41.4 Å². The van der Waals surface area contributed by atoms with Gasteiger partial charge in [-0.15, -0.1) is 0 Å². The summed E-state index contributed by atoms with van der Waals surface area (Å²) in [6.07, 6.45) is -17.4. The molecule has 3 heterocycles. The predicted octanol–water partition coefficient (Wildman–Crippen LogP) is -1.49. The zero-order valence-electron chi connectivity index (χ0n) is 74.7. The van der Waals surface area contributed by atoms with Gasteiger partial charge in [0.05, 0.1) is 91.1 Å². The molecule has 718 valence electrons. The minimum atomic E-state index is -1.73. The standard InChI is InChI=1S/C80H121N10O37P/c1-44(2)90(45(3)4)128(117-28-17-24-81)127-59-20-18-58(19-21-59)61(103)38-85-60(77(107)84-27-31-110-34-37-113-80-70(88-48(7)93)76(123-57(16)102)73(120-54(13)99)64(126-80)43-116-51(10)96)22-23-67(106)89(39-65(104)82-25-29-108-32-35-111-78-68(86-46(5)91)74(121-55(14)100)71(118-52(11)97)62(124-78)41-114-49(8)94)40-66(105)83-26-30-109-33-36-112-79-69(87-47(6)92)75(122-56(15)101)72(119-53(12)98)63(125-79)42-115-50(9)95/h18-21,44-45,60,62-64,68-76,78-80,85H,17,22-23,25-43H2,1-16H3,(H,82,104)(H,83,105)(H,84,107)(H,86,91)(H,87,92)(H,88,93). The zero-order chi connectivity index (χ0) is 95.3. The molecule has 1 aromatic carbocycles. The van der Waals surface area contributed by atoms with Gasteiger partial charge in [-0.2, -0.15) is 5.26 Å². The first-order valence-electron chi connectivity index (χ1n) is 41.1. The molecule has 3 aliphatic heterocycles. The monoisotopic (exact) mass is 1840 g/mol. The predicted molar refractivity (Wildman–Crippen MR) is 436 cm³/mol. The SMILES string of the molecule is CC(=O)NC1C(OCCOCCNC(=O)CN(CC(=O)NCCOCCOC2OC(COC(C)=O)C(OC(C)=O)C(OC(C)=O)C2NC(C)=O)C(=O)CCC(NCC(=O)c2ccc(OP(OCCC#N)N(C(C)C)C(C)C)cc2)C(=O)NCCOCCOC2OC(COC(C)=O)C(OC(C)=O)C(OC(C)=O)C2NC(C)=O)OC(COC(C)=O)C(OC(C)=O)C1OC(C)=O. The number of Topliss-reactive ketones (excluding diaryl/α,β-unsaturated/α-hetero) is 1. The molecule has 3 aliphatic rings. The molecule has 1 aromatic rings. The number of hydrogen-bond acceptors (Lipinski definition) is 40. The number of esters is 9. The van der Waals surface area contributed by atoms with Gasteiger partial charge in [0.25, 0.3) is 0 Å². The van der Waals surface area contributed by atoms with Crippen LogP contribution in [0.15, 0.2) is 24.3 Å². The second kappa shape index (κ2) is 58.3. The van der Waals surface area contributed by atoms with E-state index in [2.05, 4.69) is 43.3 Å². The average Bonchev–Trinajstić information content (AvgIpc) is 0.793. The maximum Gasteiger partial charge on any atom is 0.321 e. The van der Waals surface area contributed by atoms with Crippen molar-refractivity contribution in [1.82, 2.24) is 46.8 Å². The Hall–Kier alpha value is -10.3. The molecule has 0 aromatic heterocycles. The van der Waals surface area contributed by atoms with Crippen LogP contribution in [0.4, 0.5) is 0 Å². The smallest absolute Gasteiger partial charge is 0.321 e. The topological polar surface area (TPSA) is 589 Å². The first-order valence-corrected chi connectivity index (χ1v) is 42.2. The van der Waals surface area contributed by atoms with Crippen LogP contribution in [0.1, 0.15) is 140 Å². The van der Waals surface area contributed by atoms with Gasteiger partial charge in [0, 0.05) is 127 Å². The summed E-state index contributed by atoms with van der Waals surface area (Å²) in [6.45, 7) is 15.0. The molecule has 3 saturated heterocycles. The van der Waals surface area contributed by atoms with E-state index in [1.54, 1.807) is 12.1 Å². The number of carbonyl (C=O) groups is 17. The quantitative estimate of drug-likeness (QED) is 0.0128. The second-order valence-electron chi connectivity index (χ2n) is 29.4. The fourth-order valence-electron chi connectivity index (χ4n) is 13.0. The summed E-state index contributed by atoms with van der Waals surface area (Å²) in [4.78, 5) is 219. The number of amides is 7. The van der Waals surface area contributed by atoms with Crippen LogP contribution in [0.3, 0.4) is 0 Å². The van der Waals surface area contributed by atoms with Gasteiger partial charge in [-0.1, -0.05) is 0 Å². The first kappa shape index (κ1) is 110. The highest BCUT2D eigenvalue weighted by atomic mass is 31.2. The van der Waals surface area contributed by atoms with Crippen LogP contribution in [-0.4, -0.2) is 346 Å². The Labute approximate surface area is 741 Å². The summed E-state index contributed by atoms with van der Waals surface area (Å²) in [5, 5.41) is 27.8. The summed E-state index contributed by atoms with van der Waals surface area (Å²) in [5.74, 6) is -12.5. The minimum absolute atomic E-state index is 0.0305. The molecular weight excluding hydrogens is 1720 g/mol. The lowest BCUT2D eigenvalue weighted by Gasteiger charge is -2.44. The van der Waals surface area contributed by atoms with Gasteiger partial charge in [0.1, 0.15) is 75.1 Å². The number of nitrogens with zero attached hydrogens (tertiary/aromatic N) is 3. The van der Waals surface area contributed by atoms with Crippen molar-refractivity contribution in [2.45, 2.75) is 240 Å². The third-order valence-corrected chi connectivity index (χ3v) is 20.0. The normalized spacial score (nSPS) is 22.2.